The van der Waals surface area contributed by atoms with Crippen molar-refractivity contribution in [3.63, 3.8) is 0 Å². The summed E-state index contributed by atoms with van der Waals surface area (Å²) >= 11 is 0. The quantitative estimate of drug-likeness (QED) is 0.832. The van der Waals surface area contributed by atoms with Crippen LogP contribution in [0.2, 0.25) is 0 Å². The van der Waals surface area contributed by atoms with Crippen LogP contribution in [0.1, 0.15) is 12.5 Å². The van der Waals surface area contributed by atoms with E-state index in [0.29, 0.717) is 18.0 Å². The van der Waals surface area contributed by atoms with Crippen LogP contribution in [-0.2, 0) is 11.0 Å². The van der Waals surface area contributed by atoms with Crippen molar-refractivity contribution in [2.75, 3.05) is 23.8 Å². The van der Waals surface area contributed by atoms with Gasteiger partial charge in [-0.25, -0.2) is 0 Å². The number of ether oxygens (including phenoxy) is 1. The third kappa shape index (κ3) is 5.19. The molecule has 0 fully saturated rings. The van der Waals surface area contributed by atoms with E-state index in [1.54, 1.807) is 24.3 Å². The van der Waals surface area contributed by atoms with Gasteiger partial charge in [-0.05, 0) is 37.3 Å². The molecule has 0 bridgehead atoms. The number of carbonyl (C=O) groups is 1. The zero-order valence-corrected chi connectivity index (χ0v) is 13.0. The second-order valence-electron chi connectivity index (χ2n) is 4.94. The number of hydrogen-bond donors (Lipinski definition) is 2. The number of alkyl halides is 3. The van der Waals surface area contributed by atoms with E-state index >= 15 is 0 Å². The predicted molar refractivity (Wildman–Crippen MR) is 86.2 cm³/mol. The number of carbonyl (C=O) groups excluding carboxylic acids is 1. The van der Waals surface area contributed by atoms with Crippen LogP contribution in [0.15, 0.2) is 48.5 Å². The van der Waals surface area contributed by atoms with Gasteiger partial charge in [0.05, 0.1) is 18.7 Å². The molecule has 0 unspecified atom stereocenters. The zero-order chi connectivity index (χ0) is 17.6. The Morgan fingerprint density at radius 2 is 1.79 bits per heavy atom. The van der Waals surface area contributed by atoms with Crippen LogP contribution in [0.3, 0.4) is 0 Å². The number of benzene rings is 2. The van der Waals surface area contributed by atoms with Crippen molar-refractivity contribution in [3.8, 4) is 5.75 Å². The molecule has 0 atom stereocenters. The van der Waals surface area contributed by atoms with Gasteiger partial charge >= 0.3 is 6.18 Å². The summed E-state index contributed by atoms with van der Waals surface area (Å²) in [7, 11) is 0. The standard InChI is InChI=1S/C17H17F3N2O2/c1-2-24-15-8-4-7-14(10-15)22-16(23)11-21-13-6-3-5-12(9-13)17(18,19)20/h3-10,21H,2,11H2,1H3,(H,22,23). The van der Waals surface area contributed by atoms with Crippen LogP contribution in [0, 0.1) is 0 Å². The highest BCUT2D eigenvalue weighted by atomic mass is 19.4. The minimum absolute atomic E-state index is 0.153. The van der Waals surface area contributed by atoms with Crippen molar-refractivity contribution < 1.29 is 22.7 Å². The molecule has 0 aliphatic heterocycles. The van der Waals surface area contributed by atoms with Gasteiger partial charge in [0.1, 0.15) is 5.75 Å². The monoisotopic (exact) mass is 338 g/mol. The molecule has 24 heavy (non-hydrogen) atoms. The Morgan fingerprint density at radius 3 is 2.50 bits per heavy atom. The Hall–Kier alpha value is -2.70. The molecule has 2 aromatic rings. The second-order valence-corrected chi connectivity index (χ2v) is 4.94. The van der Waals surface area contributed by atoms with Crippen LogP contribution in [0.25, 0.3) is 0 Å². The van der Waals surface area contributed by atoms with Gasteiger partial charge in [0.25, 0.3) is 0 Å². The molecule has 0 aliphatic carbocycles. The van der Waals surface area contributed by atoms with Crippen molar-refractivity contribution >= 4 is 17.3 Å². The van der Waals surface area contributed by atoms with E-state index in [4.69, 9.17) is 4.74 Å². The summed E-state index contributed by atoms with van der Waals surface area (Å²) in [4.78, 5) is 11.9. The highest BCUT2D eigenvalue weighted by Crippen LogP contribution is 2.30. The Labute approximate surface area is 137 Å². The number of rotatable bonds is 6. The van der Waals surface area contributed by atoms with Crippen molar-refractivity contribution in [2.24, 2.45) is 0 Å². The summed E-state index contributed by atoms with van der Waals surface area (Å²) < 4.78 is 43.2. The number of amides is 1. The zero-order valence-electron chi connectivity index (χ0n) is 13.0. The molecule has 1 amide bonds. The Balaban J connectivity index is 1.93. The average molecular weight is 338 g/mol. The number of nitrogens with one attached hydrogen (secondary N) is 2. The average Bonchev–Trinajstić information content (AvgIpc) is 2.53. The number of halogens is 3. The molecule has 0 radical (unpaired) electrons. The van der Waals surface area contributed by atoms with Crippen LogP contribution in [0.5, 0.6) is 5.75 Å². The fourth-order valence-electron chi connectivity index (χ4n) is 2.02. The van der Waals surface area contributed by atoms with Crippen molar-refractivity contribution in [1.29, 1.82) is 0 Å². The molecule has 128 valence electrons. The van der Waals surface area contributed by atoms with E-state index < -0.39 is 11.7 Å². The van der Waals surface area contributed by atoms with Gasteiger partial charge in [0, 0.05) is 17.4 Å². The lowest BCUT2D eigenvalue weighted by Gasteiger charge is -2.11. The molecular weight excluding hydrogens is 321 g/mol. The summed E-state index contributed by atoms with van der Waals surface area (Å²) in [5, 5.41) is 5.33. The first kappa shape index (κ1) is 17.7. The highest BCUT2D eigenvalue weighted by molar-refractivity contribution is 5.93. The van der Waals surface area contributed by atoms with Crippen molar-refractivity contribution in [3.05, 3.63) is 54.1 Å². The van der Waals surface area contributed by atoms with Crippen LogP contribution in [-0.4, -0.2) is 19.1 Å². The smallest absolute Gasteiger partial charge is 0.416 e. The van der Waals surface area contributed by atoms with E-state index in [0.717, 1.165) is 12.1 Å². The van der Waals surface area contributed by atoms with Gasteiger partial charge in [0.2, 0.25) is 5.91 Å². The van der Waals surface area contributed by atoms with E-state index in [9.17, 15) is 18.0 Å². The van der Waals surface area contributed by atoms with Crippen molar-refractivity contribution in [2.45, 2.75) is 13.1 Å². The SMILES string of the molecule is CCOc1cccc(NC(=O)CNc2cccc(C(F)(F)F)c2)c1. The van der Waals surface area contributed by atoms with E-state index in [1.807, 2.05) is 6.92 Å². The van der Waals surface area contributed by atoms with Gasteiger partial charge in [-0.3, -0.25) is 4.79 Å². The van der Waals surface area contributed by atoms with Gasteiger partial charge in [-0.1, -0.05) is 12.1 Å². The minimum atomic E-state index is -4.42. The van der Waals surface area contributed by atoms with Crippen molar-refractivity contribution in [1.82, 2.24) is 0 Å². The van der Waals surface area contributed by atoms with E-state index in [1.165, 1.54) is 12.1 Å². The van der Waals surface area contributed by atoms with E-state index in [2.05, 4.69) is 10.6 Å². The van der Waals surface area contributed by atoms with E-state index in [-0.39, 0.29) is 18.1 Å². The maximum atomic E-state index is 12.6. The largest absolute Gasteiger partial charge is 0.494 e. The molecule has 0 saturated carbocycles. The Bertz CT molecular complexity index is 702. The molecule has 0 spiro atoms. The Morgan fingerprint density at radius 1 is 1.08 bits per heavy atom. The number of hydrogen-bond acceptors (Lipinski definition) is 3. The lowest BCUT2D eigenvalue weighted by molar-refractivity contribution is -0.137. The van der Waals surface area contributed by atoms with Crippen LogP contribution in [0.4, 0.5) is 24.5 Å². The maximum absolute atomic E-state index is 12.6. The first-order chi connectivity index (χ1) is 11.4. The number of anilines is 2. The second kappa shape index (κ2) is 7.72. The van der Waals surface area contributed by atoms with Gasteiger partial charge < -0.3 is 15.4 Å². The van der Waals surface area contributed by atoms with Gasteiger partial charge in [-0.15, -0.1) is 0 Å². The molecule has 2 N–H and O–H groups in total. The third-order valence-corrected chi connectivity index (χ3v) is 3.07. The predicted octanol–water partition coefficient (Wildman–Crippen LogP) is 4.15. The first-order valence-corrected chi connectivity index (χ1v) is 7.32. The summed E-state index contributed by atoms with van der Waals surface area (Å²) in [5.74, 6) is 0.252. The summed E-state index contributed by atoms with van der Waals surface area (Å²) in [6, 6.07) is 11.6. The molecule has 0 heterocycles. The lowest BCUT2D eigenvalue weighted by Crippen LogP contribution is -2.22. The molecule has 0 saturated heterocycles. The van der Waals surface area contributed by atoms with Gasteiger partial charge in [-0.2, -0.15) is 13.2 Å². The molecule has 2 aromatic carbocycles. The molecular formula is C17H17F3N2O2. The normalized spacial score (nSPS) is 11.0. The molecule has 4 nitrogen and oxygen atoms in total. The summed E-state index contributed by atoms with van der Waals surface area (Å²) in [6.45, 7) is 2.21. The fraction of sp³-hybridized carbons (Fsp3) is 0.235. The first-order valence-electron chi connectivity index (χ1n) is 7.32. The minimum Gasteiger partial charge on any atom is -0.494 e. The summed E-state index contributed by atoms with van der Waals surface area (Å²) in [6.07, 6.45) is -4.42. The van der Waals surface area contributed by atoms with Crippen LogP contribution >= 0.6 is 0 Å². The maximum Gasteiger partial charge on any atom is 0.416 e. The molecule has 0 aliphatic rings. The summed E-state index contributed by atoms with van der Waals surface area (Å²) in [5.41, 5.74) is 0.0113. The Kier molecular flexibility index (Phi) is 5.68. The molecule has 7 heteroatoms. The van der Waals surface area contributed by atoms with Crippen LogP contribution < -0.4 is 15.4 Å². The molecule has 0 aromatic heterocycles. The lowest BCUT2D eigenvalue weighted by atomic mass is 10.2. The highest BCUT2D eigenvalue weighted by Gasteiger charge is 2.30. The topological polar surface area (TPSA) is 50.4 Å². The molecule has 2 rings (SSSR count). The fourth-order valence-corrected chi connectivity index (χ4v) is 2.02. The third-order valence-electron chi connectivity index (χ3n) is 3.07. The van der Waals surface area contributed by atoms with Gasteiger partial charge in [0.15, 0.2) is 0 Å².